The number of amides is 1. The molecule has 0 radical (unpaired) electrons. The van der Waals surface area contributed by atoms with Gasteiger partial charge in [-0.3, -0.25) is 4.79 Å². The largest absolute Gasteiger partial charge is 0.493 e. The monoisotopic (exact) mass is 374 g/mol. The van der Waals surface area contributed by atoms with Crippen LogP contribution in [-0.2, 0) is 30.3 Å². The lowest BCUT2D eigenvalue weighted by atomic mass is 10.1. The Hall–Kier alpha value is -2.87. The lowest BCUT2D eigenvalue weighted by molar-refractivity contribution is -0.148. The molecule has 2 heterocycles. The van der Waals surface area contributed by atoms with Gasteiger partial charge in [0.05, 0.1) is 0 Å². The number of rotatable bonds is 5. The van der Waals surface area contributed by atoms with E-state index in [2.05, 4.69) is 4.99 Å². The predicted molar refractivity (Wildman–Crippen MR) is 94.1 cm³/mol. The summed E-state index contributed by atoms with van der Waals surface area (Å²) in [7, 11) is 0. The molecule has 1 aromatic carbocycles. The molecule has 0 spiro atoms. The van der Waals surface area contributed by atoms with E-state index in [1.807, 2.05) is 47.3 Å². The Morgan fingerprint density at radius 2 is 2.08 bits per heavy atom. The highest BCUT2D eigenvalue weighted by molar-refractivity contribution is 7.07. The second kappa shape index (κ2) is 8.48. The highest BCUT2D eigenvalue weighted by Gasteiger charge is 2.17. The highest BCUT2D eigenvalue weighted by atomic mass is 32.1. The van der Waals surface area contributed by atoms with E-state index in [1.54, 1.807) is 0 Å². The molecule has 0 bridgehead atoms. The van der Waals surface area contributed by atoms with Gasteiger partial charge in [0.1, 0.15) is 19.5 Å². The lowest BCUT2D eigenvalue weighted by Crippen LogP contribution is -2.22. The summed E-state index contributed by atoms with van der Waals surface area (Å²) in [5.41, 5.74) is 2.30. The first kappa shape index (κ1) is 17.9. The van der Waals surface area contributed by atoms with Gasteiger partial charge in [-0.2, -0.15) is 4.99 Å². The van der Waals surface area contributed by atoms with Crippen molar-refractivity contribution < 1.29 is 23.8 Å². The maximum Gasteiger partial charge on any atom is 0.377 e. The number of esters is 1. The summed E-state index contributed by atoms with van der Waals surface area (Å²) in [5.74, 6) is -1.34. The lowest BCUT2D eigenvalue weighted by Gasteiger charge is -2.13. The molecule has 0 atom stereocenters. The van der Waals surface area contributed by atoms with Crippen molar-refractivity contribution in [1.82, 2.24) is 4.57 Å². The predicted octanol–water partition coefficient (Wildman–Crippen LogP) is 1.77. The van der Waals surface area contributed by atoms with Crippen LogP contribution in [0.2, 0.25) is 0 Å². The fraction of sp³-hybridized carbons (Fsp3) is 0.278. The second-order valence-corrected chi connectivity index (χ2v) is 6.46. The smallest absolute Gasteiger partial charge is 0.377 e. The van der Waals surface area contributed by atoms with E-state index in [0.29, 0.717) is 18.0 Å². The Morgan fingerprint density at radius 3 is 2.81 bits per heavy atom. The molecule has 0 unspecified atom stereocenters. The number of hydrogen-bond donors (Lipinski definition) is 0. The summed E-state index contributed by atoms with van der Waals surface area (Å²) in [5, 5.41) is 1.85. The fourth-order valence-electron chi connectivity index (χ4n) is 2.21. The summed E-state index contributed by atoms with van der Waals surface area (Å²) in [6.07, 6.45) is 3.04. The van der Waals surface area contributed by atoms with Crippen LogP contribution in [0.5, 0.6) is 0 Å². The van der Waals surface area contributed by atoms with E-state index in [4.69, 9.17) is 14.2 Å². The van der Waals surface area contributed by atoms with Crippen molar-refractivity contribution in [1.29, 1.82) is 0 Å². The van der Waals surface area contributed by atoms with Gasteiger partial charge in [-0.25, -0.2) is 4.79 Å². The van der Waals surface area contributed by atoms with Crippen LogP contribution >= 0.6 is 11.3 Å². The van der Waals surface area contributed by atoms with E-state index in [0.717, 1.165) is 5.56 Å². The Bertz CT molecular complexity index is 879. The SMILES string of the molecule is Cc1ccc(Cn2ccsc2=NC(=O)COC(=O)C2=COCCO2)cc1. The van der Waals surface area contributed by atoms with Gasteiger partial charge in [0.25, 0.3) is 5.91 Å². The minimum atomic E-state index is -0.744. The molecule has 0 N–H and O–H groups in total. The average Bonchev–Trinajstić information content (AvgIpc) is 3.09. The van der Waals surface area contributed by atoms with Gasteiger partial charge in [0.15, 0.2) is 11.4 Å². The first-order chi connectivity index (χ1) is 12.6. The zero-order valence-electron chi connectivity index (χ0n) is 14.2. The Morgan fingerprint density at radius 1 is 1.27 bits per heavy atom. The molecule has 8 heteroatoms. The molecule has 136 valence electrons. The number of carbonyl (C=O) groups excluding carboxylic acids is 2. The number of nitrogens with zero attached hydrogens (tertiary/aromatic N) is 2. The summed E-state index contributed by atoms with van der Waals surface area (Å²) in [6.45, 7) is 2.83. The van der Waals surface area contributed by atoms with E-state index in [1.165, 1.54) is 23.2 Å². The van der Waals surface area contributed by atoms with Crippen LogP contribution in [0.25, 0.3) is 0 Å². The third kappa shape index (κ3) is 4.82. The number of aromatic nitrogens is 1. The van der Waals surface area contributed by atoms with Crippen LogP contribution in [-0.4, -0.2) is 36.3 Å². The normalized spacial score (nSPS) is 14.2. The van der Waals surface area contributed by atoms with Gasteiger partial charge in [-0.05, 0) is 12.5 Å². The van der Waals surface area contributed by atoms with E-state index in [-0.39, 0.29) is 12.4 Å². The van der Waals surface area contributed by atoms with Crippen LogP contribution in [0.3, 0.4) is 0 Å². The summed E-state index contributed by atoms with van der Waals surface area (Å²) < 4.78 is 16.8. The summed E-state index contributed by atoms with van der Waals surface area (Å²) in [6, 6.07) is 8.14. The third-order valence-electron chi connectivity index (χ3n) is 3.53. The standard InChI is InChI=1S/C18H18N2O5S/c1-13-2-4-14(5-3-13)10-20-6-9-26-18(20)19-16(21)12-25-17(22)15-11-23-7-8-24-15/h2-6,9,11H,7-8,10,12H2,1H3. The van der Waals surface area contributed by atoms with Crippen molar-refractivity contribution in [3.63, 3.8) is 0 Å². The van der Waals surface area contributed by atoms with Crippen LogP contribution in [0.15, 0.2) is 52.9 Å². The molecule has 3 rings (SSSR count). The topological polar surface area (TPSA) is 79.1 Å². The molecule has 0 fully saturated rings. The molecule has 7 nitrogen and oxygen atoms in total. The molecule has 1 aliphatic heterocycles. The number of carbonyl (C=O) groups is 2. The fourth-order valence-corrected chi connectivity index (χ4v) is 2.95. The minimum absolute atomic E-state index is 0.0467. The van der Waals surface area contributed by atoms with E-state index < -0.39 is 18.5 Å². The molecular weight excluding hydrogens is 356 g/mol. The van der Waals surface area contributed by atoms with Gasteiger partial charge in [0.2, 0.25) is 5.76 Å². The number of thiazole rings is 1. The number of benzene rings is 1. The van der Waals surface area contributed by atoms with Crippen molar-refractivity contribution in [3.8, 4) is 0 Å². The van der Waals surface area contributed by atoms with Gasteiger partial charge >= 0.3 is 5.97 Å². The number of hydrogen-bond acceptors (Lipinski definition) is 6. The highest BCUT2D eigenvalue weighted by Crippen LogP contribution is 2.07. The molecule has 1 aromatic heterocycles. The molecule has 1 aliphatic rings. The van der Waals surface area contributed by atoms with Crippen molar-refractivity contribution >= 4 is 23.2 Å². The van der Waals surface area contributed by atoms with Crippen LogP contribution in [0, 0.1) is 6.92 Å². The van der Waals surface area contributed by atoms with Crippen LogP contribution < -0.4 is 4.80 Å². The molecule has 2 aromatic rings. The number of aryl methyl sites for hydroxylation is 1. The van der Waals surface area contributed by atoms with Gasteiger partial charge < -0.3 is 18.8 Å². The number of ether oxygens (including phenoxy) is 3. The molecule has 1 amide bonds. The molecule has 26 heavy (non-hydrogen) atoms. The van der Waals surface area contributed by atoms with Crippen LogP contribution in [0.1, 0.15) is 11.1 Å². The maximum atomic E-state index is 12.0. The second-order valence-electron chi connectivity index (χ2n) is 5.58. The molecule has 0 aliphatic carbocycles. The first-order valence-electron chi connectivity index (χ1n) is 8.00. The first-order valence-corrected chi connectivity index (χ1v) is 8.88. The van der Waals surface area contributed by atoms with Crippen LogP contribution in [0.4, 0.5) is 0 Å². The Kier molecular flexibility index (Phi) is 5.85. The zero-order valence-corrected chi connectivity index (χ0v) is 15.0. The zero-order chi connectivity index (χ0) is 18.4. The van der Waals surface area contributed by atoms with Crippen molar-refractivity contribution in [2.75, 3.05) is 19.8 Å². The van der Waals surface area contributed by atoms with Gasteiger partial charge in [-0.1, -0.05) is 29.8 Å². The maximum absolute atomic E-state index is 12.0. The molecule has 0 saturated carbocycles. The van der Waals surface area contributed by atoms with Crippen molar-refractivity contribution in [3.05, 3.63) is 63.8 Å². The van der Waals surface area contributed by atoms with Crippen molar-refractivity contribution in [2.45, 2.75) is 13.5 Å². The summed E-state index contributed by atoms with van der Waals surface area (Å²) >= 11 is 1.34. The Balaban J connectivity index is 1.61. The Labute approximate surface area is 154 Å². The molecular formula is C18H18N2O5S. The van der Waals surface area contributed by atoms with E-state index in [9.17, 15) is 9.59 Å². The van der Waals surface area contributed by atoms with E-state index >= 15 is 0 Å². The van der Waals surface area contributed by atoms with Gasteiger partial charge in [0, 0.05) is 18.1 Å². The average molecular weight is 374 g/mol. The molecule has 0 saturated heterocycles. The third-order valence-corrected chi connectivity index (χ3v) is 4.33. The minimum Gasteiger partial charge on any atom is -0.493 e. The van der Waals surface area contributed by atoms with Gasteiger partial charge in [-0.15, -0.1) is 11.3 Å². The quantitative estimate of drug-likeness (QED) is 0.745. The van der Waals surface area contributed by atoms with Crippen molar-refractivity contribution in [2.24, 2.45) is 4.99 Å². The summed E-state index contributed by atoms with van der Waals surface area (Å²) in [4.78, 5) is 28.3.